The predicted octanol–water partition coefficient (Wildman–Crippen LogP) is 8.77. The van der Waals surface area contributed by atoms with Gasteiger partial charge in [-0.25, -0.2) is 0 Å². The van der Waals surface area contributed by atoms with Gasteiger partial charge in [0.15, 0.2) is 0 Å². The molecular formula is C39H64O5. The van der Waals surface area contributed by atoms with E-state index < -0.39 is 0 Å². The zero-order chi connectivity index (χ0) is 30.5. The van der Waals surface area contributed by atoms with Gasteiger partial charge in [-0.3, -0.25) is 9.59 Å². The number of carbonyl (C=O) groups is 2. The van der Waals surface area contributed by atoms with Crippen molar-refractivity contribution in [2.24, 2.45) is 41.4 Å². The van der Waals surface area contributed by atoms with Gasteiger partial charge in [0.05, 0.1) is 30.5 Å². The van der Waals surface area contributed by atoms with E-state index in [2.05, 4.69) is 6.92 Å². The number of hydrogen-bond donors (Lipinski definition) is 1. The predicted molar refractivity (Wildman–Crippen MR) is 174 cm³/mol. The number of aliphatic hydroxyl groups is 1. The molecule has 1 N–H and O–H groups in total. The van der Waals surface area contributed by atoms with Crippen molar-refractivity contribution < 1.29 is 24.2 Å². The molecule has 6 saturated carbocycles. The average molecular weight is 613 g/mol. The number of ketones is 2. The molecule has 0 aromatic rings. The molecule has 3 unspecified atom stereocenters. The maximum atomic E-state index is 14.1. The molecule has 44 heavy (non-hydrogen) atoms. The fourth-order valence-corrected chi connectivity index (χ4v) is 10.7. The van der Waals surface area contributed by atoms with Gasteiger partial charge < -0.3 is 14.6 Å². The van der Waals surface area contributed by atoms with Crippen molar-refractivity contribution in [1.82, 2.24) is 0 Å². The van der Waals surface area contributed by atoms with Crippen molar-refractivity contribution in [2.45, 2.75) is 192 Å². The minimum absolute atomic E-state index is 0.180. The Hall–Kier alpha value is -0.780. The third-order valence-corrected chi connectivity index (χ3v) is 13.4. The largest absolute Gasteiger partial charge is 0.393 e. The highest BCUT2D eigenvalue weighted by atomic mass is 16.5. The molecule has 250 valence electrons. The Morgan fingerprint density at radius 3 is 1.52 bits per heavy atom. The molecule has 6 fully saturated rings. The second-order valence-electron chi connectivity index (χ2n) is 16.5. The highest BCUT2D eigenvalue weighted by Crippen LogP contribution is 2.47. The van der Waals surface area contributed by atoms with Crippen molar-refractivity contribution in [3.05, 3.63) is 0 Å². The molecule has 0 aliphatic heterocycles. The van der Waals surface area contributed by atoms with E-state index in [9.17, 15) is 14.7 Å². The summed E-state index contributed by atoms with van der Waals surface area (Å²) in [7, 11) is 0. The first-order valence-electron chi connectivity index (χ1n) is 19.5. The maximum absolute atomic E-state index is 14.1. The molecule has 5 nitrogen and oxygen atoms in total. The molecule has 0 radical (unpaired) electrons. The summed E-state index contributed by atoms with van der Waals surface area (Å²) >= 11 is 0. The summed E-state index contributed by atoms with van der Waals surface area (Å²) < 4.78 is 13.1. The molecular weight excluding hydrogens is 548 g/mol. The van der Waals surface area contributed by atoms with Gasteiger partial charge in [-0.05, 0) is 146 Å². The topological polar surface area (TPSA) is 72.8 Å². The Kier molecular flexibility index (Phi) is 12.0. The van der Waals surface area contributed by atoms with Crippen molar-refractivity contribution in [1.29, 1.82) is 0 Å². The van der Waals surface area contributed by atoms with Crippen LogP contribution < -0.4 is 0 Å². The van der Waals surface area contributed by atoms with Crippen LogP contribution in [-0.2, 0) is 19.1 Å². The van der Waals surface area contributed by atoms with Crippen LogP contribution in [0.1, 0.15) is 161 Å². The van der Waals surface area contributed by atoms with Crippen LogP contribution >= 0.6 is 0 Å². The molecule has 6 aliphatic rings. The minimum Gasteiger partial charge on any atom is -0.393 e. The summed E-state index contributed by atoms with van der Waals surface area (Å²) in [5.74, 6) is 3.72. The first-order chi connectivity index (χ1) is 21.4. The molecule has 3 atom stereocenters. The first kappa shape index (κ1) is 33.1. The molecule has 0 saturated heterocycles. The second-order valence-corrected chi connectivity index (χ2v) is 16.5. The van der Waals surface area contributed by atoms with Gasteiger partial charge in [-0.1, -0.05) is 32.6 Å². The lowest BCUT2D eigenvalue weighted by molar-refractivity contribution is -0.136. The van der Waals surface area contributed by atoms with Crippen LogP contribution in [0.4, 0.5) is 0 Å². The fourth-order valence-electron chi connectivity index (χ4n) is 10.7. The van der Waals surface area contributed by atoms with Gasteiger partial charge in [-0.2, -0.15) is 0 Å². The molecule has 6 aliphatic carbocycles. The van der Waals surface area contributed by atoms with Crippen molar-refractivity contribution >= 4 is 11.6 Å². The first-order valence-corrected chi connectivity index (χ1v) is 19.5. The molecule has 0 spiro atoms. The Morgan fingerprint density at radius 1 is 0.500 bits per heavy atom. The van der Waals surface area contributed by atoms with Crippen LogP contribution in [0.5, 0.6) is 0 Å². The third-order valence-electron chi connectivity index (χ3n) is 13.4. The van der Waals surface area contributed by atoms with Gasteiger partial charge in [-0.15, -0.1) is 0 Å². The van der Waals surface area contributed by atoms with Crippen LogP contribution in [0.3, 0.4) is 0 Å². The third kappa shape index (κ3) is 8.57. The molecule has 0 heterocycles. The zero-order valence-electron chi connectivity index (χ0n) is 28.0. The molecule has 6 rings (SSSR count). The lowest BCUT2D eigenvalue weighted by Crippen LogP contribution is -2.41. The summed E-state index contributed by atoms with van der Waals surface area (Å²) in [6.45, 7) is 2.35. The highest BCUT2D eigenvalue weighted by Gasteiger charge is 2.43. The van der Waals surface area contributed by atoms with E-state index in [1.165, 1.54) is 44.9 Å². The number of carbonyl (C=O) groups excluding carboxylic acids is 2. The van der Waals surface area contributed by atoms with Crippen LogP contribution in [0.25, 0.3) is 0 Å². The summed E-state index contributed by atoms with van der Waals surface area (Å²) in [5, 5.41) is 9.86. The molecule has 0 amide bonds. The average Bonchev–Trinajstić information content (AvgIpc) is 3.06. The van der Waals surface area contributed by atoms with Gasteiger partial charge in [0, 0.05) is 23.7 Å². The number of ether oxygens (including phenoxy) is 2. The smallest absolute Gasteiger partial charge is 0.139 e. The molecule has 5 heteroatoms. The van der Waals surface area contributed by atoms with E-state index in [-0.39, 0.29) is 29.8 Å². The van der Waals surface area contributed by atoms with Crippen molar-refractivity contribution in [3.63, 3.8) is 0 Å². The van der Waals surface area contributed by atoms with E-state index >= 15 is 0 Å². The summed E-state index contributed by atoms with van der Waals surface area (Å²) in [6.07, 6.45) is 27.9. The second kappa shape index (κ2) is 15.9. The van der Waals surface area contributed by atoms with Gasteiger partial charge >= 0.3 is 0 Å². The van der Waals surface area contributed by atoms with Gasteiger partial charge in [0.1, 0.15) is 11.6 Å². The number of aliphatic hydroxyl groups excluding tert-OH is 1. The van der Waals surface area contributed by atoms with Crippen molar-refractivity contribution in [3.8, 4) is 0 Å². The lowest BCUT2D eigenvalue weighted by Gasteiger charge is -2.43. The fraction of sp³-hybridized carbons (Fsp3) is 0.949. The quantitative estimate of drug-likeness (QED) is 0.282. The summed E-state index contributed by atoms with van der Waals surface area (Å²) in [4.78, 5) is 27.4. The highest BCUT2D eigenvalue weighted by molar-refractivity contribution is 5.84. The van der Waals surface area contributed by atoms with Crippen LogP contribution in [-0.4, -0.2) is 47.2 Å². The lowest BCUT2D eigenvalue weighted by atomic mass is 9.61. The van der Waals surface area contributed by atoms with Gasteiger partial charge in [0.2, 0.25) is 0 Å². The summed E-state index contributed by atoms with van der Waals surface area (Å²) in [5.41, 5.74) is 0. The number of rotatable bonds is 9. The van der Waals surface area contributed by atoms with E-state index in [4.69, 9.17) is 9.47 Å². The molecule has 0 bridgehead atoms. The van der Waals surface area contributed by atoms with E-state index in [0.717, 1.165) is 109 Å². The Labute approximate surface area is 268 Å². The van der Waals surface area contributed by atoms with Gasteiger partial charge in [0.25, 0.3) is 0 Å². The number of hydrogen-bond acceptors (Lipinski definition) is 5. The Morgan fingerprint density at radius 2 is 0.955 bits per heavy atom. The minimum atomic E-state index is -0.198. The Bertz CT molecular complexity index is 895. The summed E-state index contributed by atoms with van der Waals surface area (Å²) in [6, 6.07) is 0. The van der Waals surface area contributed by atoms with Crippen LogP contribution in [0.15, 0.2) is 0 Å². The maximum Gasteiger partial charge on any atom is 0.139 e. The van der Waals surface area contributed by atoms with Crippen LogP contribution in [0.2, 0.25) is 0 Å². The van der Waals surface area contributed by atoms with Crippen LogP contribution in [0, 0.1) is 41.4 Å². The van der Waals surface area contributed by atoms with Crippen molar-refractivity contribution in [2.75, 3.05) is 0 Å². The standard InChI is InChI=1S/C39H64O5/c1-26-7-24-36(27-8-10-28(11-9-27)38(41)29-12-16-31(40)17-13-29)37(25-26)39(42)30-14-18-33(19-15-30)44-35-22-20-34(21-23-35)43-32-5-3-2-4-6-32/h26-37,40H,2-25H2,1H3. The SMILES string of the molecule is CC1CCC(C2CCC(C(=O)C3CCC(O)CC3)CC2)C(C(=O)C2CCC(OC3CCC(OC4CCCCC4)CC3)CC2)C1. The Balaban J connectivity index is 0.933. The monoisotopic (exact) mass is 612 g/mol. The molecule has 0 aromatic heterocycles. The van der Waals surface area contributed by atoms with E-state index in [1.54, 1.807) is 0 Å². The normalized spacial score (nSPS) is 42.9. The molecule has 0 aromatic carbocycles. The van der Waals surface area contributed by atoms with E-state index in [0.29, 0.717) is 53.7 Å². The zero-order valence-corrected chi connectivity index (χ0v) is 28.0. The number of Topliss-reactive ketones (excluding diaryl/α,β-unsaturated/α-hetero) is 2. The van der Waals surface area contributed by atoms with E-state index in [1.807, 2.05) is 0 Å².